The van der Waals surface area contributed by atoms with E-state index in [1.807, 2.05) is 34.6 Å². The number of hydrogen-bond acceptors (Lipinski definition) is 6. The Labute approximate surface area is 172 Å². The fourth-order valence-corrected chi connectivity index (χ4v) is 5.50. The summed E-state index contributed by atoms with van der Waals surface area (Å²) in [6, 6.07) is -1.41. The largest absolute Gasteiger partial charge is 0.466 e. The van der Waals surface area contributed by atoms with Crippen molar-refractivity contribution in [3.05, 3.63) is 0 Å². The van der Waals surface area contributed by atoms with E-state index in [2.05, 4.69) is 5.32 Å². The molecule has 2 bridgehead atoms. The van der Waals surface area contributed by atoms with Gasteiger partial charge in [0.1, 0.15) is 17.6 Å². The summed E-state index contributed by atoms with van der Waals surface area (Å²) < 4.78 is 11.7. The monoisotopic (exact) mass is 410 g/mol. The summed E-state index contributed by atoms with van der Waals surface area (Å²) in [5.41, 5.74) is -2.41. The van der Waals surface area contributed by atoms with E-state index in [9.17, 15) is 19.5 Å². The molecule has 6 atom stereocenters. The van der Waals surface area contributed by atoms with E-state index in [0.29, 0.717) is 19.3 Å². The molecule has 3 rings (SSSR count). The number of amides is 2. The fourth-order valence-electron chi connectivity index (χ4n) is 5.50. The summed E-state index contributed by atoms with van der Waals surface area (Å²) in [5.74, 6) is -2.61. The normalized spacial score (nSPS) is 36.9. The van der Waals surface area contributed by atoms with Gasteiger partial charge in [-0.1, -0.05) is 6.92 Å². The van der Waals surface area contributed by atoms with Crippen LogP contribution >= 0.6 is 0 Å². The molecule has 3 saturated heterocycles. The van der Waals surface area contributed by atoms with Crippen LogP contribution in [0, 0.1) is 11.8 Å². The second-order valence-electron chi connectivity index (χ2n) is 9.71. The van der Waals surface area contributed by atoms with Gasteiger partial charge in [-0.05, 0) is 53.9 Å². The molecule has 0 aliphatic carbocycles. The summed E-state index contributed by atoms with van der Waals surface area (Å²) in [7, 11) is 0. The lowest BCUT2D eigenvalue weighted by molar-refractivity contribution is -0.160. The van der Waals surface area contributed by atoms with Crippen molar-refractivity contribution in [3.63, 3.8) is 0 Å². The lowest BCUT2D eigenvalue weighted by Gasteiger charge is -2.38. The lowest BCUT2D eigenvalue weighted by atomic mass is 9.66. The third-order valence-corrected chi connectivity index (χ3v) is 6.58. The maximum atomic E-state index is 13.6. The van der Waals surface area contributed by atoms with E-state index in [1.54, 1.807) is 6.92 Å². The molecule has 8 heteroatoms. The highest BCUT2D eigenvalue weighted by Gasteiger charge is 2.78. The van der Waals surface area contributed by atoms with E-state index in [1.165, 1.54) is 4.90 Å². The molecule has 0 radical (unpaired) electrons. The molecule has 29 heavy (non-hydrogen) atoms. The van der Waals surface area contributed by atoms with Crippen molar-refractivity contribution in [1.82, 2.24) is 10.2 Å². The van der Waals surface area contributed by atoms with Gasteiger partial charge in [-0.25, -0.2) is 0 Å². The third kappa shape index (κ3) is 3.24. The van der Waals surface area contributed by atoms with Crippen molar-refractivity contribution < 1.29 is 29.0 Å². The molecular weight excluding hydrogens is 376 g/mol. The molecule has 8 nitrogen and oxygen atoms in total. The highest BCUT2D eigenvalue weighted by molar-refractivity contribution is 5.98. The van der Waals surface area contributed by atoms with Gasteiger partial charge in [0, 0.05) is 5.54 Å². The summed E-state index contributed by atoms with van der Waals surface area (Å²) in [6.45, 7) is 11.0. The van der Waals surface area contributed by atoms with Crippen LogP contribution in [-0.4, -0.2) is 69.8 Å². The van der Waals surface area contributed by atoms with Crippen LogP contribution in [0.25, 0.3) is 0 Å². The van der Waals surface area contributed by atoms with Crippen LogP contribution in [0.3, 0.4) is 0 Å². The Hall–Kier alpha value is -1.67. The minimum Gasteiger partial charge on any atom is -0.466 e. The van der Waals surface area contributed by atoms with Gasteiger partial charge in [-0.15, -0.1) is 0 Å². The molecule has 2 amide bonds. The molecule has 2 unspecified atom stereocenters. The molecule has 3 aliphatic rings. The van der Waals surface area contributed by atoms with Crippen molar-refractivity contribution in [2.24, 2.45) is 11.8 Å². The Balaban J connectivity index is 2.10. The molecule has 0 aromatic carbocycles. The fraction of sp³-hybridized carbons (Fsp3) is 0.857. The number of ether oxygens (including phenoxy) is 2. The first kappa shape index (κ1) is 22.0. The summed E-state index contributed by atoms with van der Waals surface area (Å²) in [6.07, 6.45) is 1.57. The Morgan fingerprint density at radius 1 is 1.34 bits per heavy atom. The zero-order valence-corrected chi connectivity index (χ0v) is 18.3. The molecule has 0 aromatic rings. The minimum absolute atomic E-state index is 0.213. The number of carbonyl (C=O) groups excluding carboxylic acids is 3. The maximum Gasteiger partial charge on any atom is 0.312 e. The van der Waals surface area contributed by atoms with Gasteiger partial charge < -0.3 is 24.8 Å². The molecule has 3 fully saturated rings. The van der Waals surface area contributed by atoms with Crippen LogP contribution in [0.4, 0.5) is 0 Å². The molecule has 0 saturated carbocycles. The van der Waals surface area contributed by atoms with Crippen molar-refractivity contribution >= 4 is 17.8 Å². The van der Waals surface area contributed by atoms with Crippen LogP contribution in [0.2, 0.25) is 0 Å². The molecule has 2 N–H and O–H groups in total. The second-order valence-corrected chi connectivity index (χ2v) is 9.71. The number of aliphatic hydroxyl groups excluding tert-OH is 1. The van der Waals surface area contributed by atoms with Gasteiger partial charge in [0.05, 0.1) is 30.8 Å². The Morgan fingerprint density at radius 3 is 2.52 bits per heavy atom. The summed E-state index contributed by atoms with van der Waals surface area (Å²) in [4.78, 5) is 41.3. The Bertz CT molecular complexity index is 700. The predicted octanol–water partition coefficient (Wildman–Crippen LogP) is 1.000. The van der Waals surface area contributed by atoms with Gasteiger partial charge in [0.15, 0.2) is 0 Å². The van der Waals surface area contributed by atoms with Gasteiger partial charge >= 0.3 is 5.97 Å². The Kier molecular flexibility index (Phi) is 5.49. The van der Waals surface area contributed by atoms with Crippen molar-refractivity contribution in [3.8, 4) is 0 Å². The zero-order chi connectivity index (χ0) is 21.8. The van der Waals surface area contributed by atoms with Crippen LogP contribution in [0.15, 0.2) is 0 Å². The quantitative estimate of drug-likeness (QED) is 0.633. The molecular formula is C21H34N2O6. The number of esters is 1. The number of hydrogen-bond donors (Lipinski definition) is 2. The number of fused-ring (bicyclic) bond motifs is 1. The third-order valence-electron chi connectivity index (χ3n) is 6.58. The minimum atomic E-state index is -1.08. The number of aliphatic hydroxyl groups is 1. The van der Waals surface area contributed by atoms with Gasteiger partial charge in [-0.3, -0.25) is 14.4 Å². The molecule has 3 heterocycles. The predicted molar refractivity (Wildman–Crippen MR) is 105 cm³/mol. The summed E-state index contributed by atoms with van der Waals surface area (Å²) in [5, 5.41) is 12.9. The second kappa shape index (κ2) is 7.23. The number of rotatable bonds is 6. The van der Waals surface area contributed by atoms with Crippen LogP contribution in [0.1, 0.15) is 60.8 Å². The highest BCUT2D eigenvalue weighted by atomic mass is 16.6. The smallest absolute Gasteiger partial charge is 0.312 e. The lowest BCUT2D eigenvalue weighted by Crippen LogP contribution is -2.60. The zero-order valence-electron chi connectivity index (χ0n) is 18.3. The van der Waals surface area contributed by atoms with Crippen molar-refractivity contribution in [1.29, 1.82) is 0 Å². The topological polar surface area (TPSA) is 105 Å². The molecule has 0 aromatic heterocycles. The summed E-state index contributed by atoms with van der Waals surface area (Å²) >= 11 is 0. The van der Waals surface area contributed by atoms with Crippen molar-refractivity contribution in [2.75, 3.05) is 13.2 Å². The average Bonchev–Trinajstić information content (AvgIpc) is 3.16. The highest BCUT2D eigenvalue weighted by Crippen LogP contribution is 2.63. The van der Waals surface area contributed by atoms with Gasteiger partial charge in [-0.2, -0.15) is 0 Å². The van der Waals surface area contributed by atoms with Gasteiger partial charge in [0.25, 0.3) is 0 Å². The standard InChI is InChI=1S/C21H34N2O6/c1-7-12(11-24)23-15(16(25)22-19(3,4)5)21-10-9-20(6,29-21)14(13(21)17(23)26)18(27)28-8-2/h12-15,24H,7-11H2,1-6H3,(H,22,25)/t12-,13-,14-,15?,20+,21?/m0/s1. The van der Waals surface area contributed by atoms with E-state index in [0.717, 1.165) is 0 Å². The average molecular weight is 411 g/mol. The first-order valence-electron chi connectivity index (χ1n) is 10.6. The van der Waals surface area contributed by atoms with Gasteiger partial charge in [0.2, 0.25) is 11.8 Å². The van der Waals surface area contributed by atoms with Crippen LogP contribution < -0.4 is 5.32 Å². The maximum absolute atomic E-state index is 13.6. The molecule has 164 valence electrons. The van der Waals surface area contributed by atoms with E-state index < -0.39 is 46.6 Å². The van der Waals surface area contributed by atoms with Crippen molar-refractivity contribution in [2.45, 2.75) is 89.6 Å². The Morgan fingerprint density at radius 2 is 2.00 bits per heavy atom. The molecule has 3 aliphatic heterocycles. The van der Waals surface area contributed by atoms with E-state index in [-0.39, 0.29) is 25.0 Å². The number of carbonyl (C=O) groups is 3. The molecule has 1 spiro atoms. The number of nitrogens with zero attached hydrogens (tertiary/aromatic N) is 1. The number of likely N-dealkylation sites (tertiary alicyclic amines) is 1. The number of nitrogens with one attached hydrogen (secondary N) is 1. The van der Waals surface area contributed by atoms with Crippen LogP contribution in [-0.2, 0) is 23.9 Å². The van der Waals surface area contributed by atoms with E-state index in [4.69, 9.17) is 9.47 Å². The first-order valence-corrected chi connectivity index (χ1v) is 10.6. The van der Waals surface area contributed by atoms with E-state index >= 15 is 0 Å². The SMILES string of the molecule is CCOC(=O)[C@@H]1[C@H]2C(=O)N([C@@H](CC)CO)C(C(=O)NC(C)(C)C)C23CC[C@@]1(C)O3. The first-order chi connectivity index (χ1) is 13.5. The van der Waals surface area contributed by atoms with Crippen LogP contribution in [0.5, 0.6) is 0 Å².